The van der Waals surface area contributed by atoms with Crippen LogP contribution >= 0.6 is 0 Å². The predicted octanol–water partition coefficient (Wildman–Crippen LogP) is 4.33. The second-order valence-corrected chi connectivity index (χ2v) is 5.19. The van der Waals surface area contributed by atoms with Gasteiger partial charge in [0.1, 0.15) is 11.5 Å². The quantitative estimate of drug-likeness (QED) is 0.812. The standard InChI is InChI=1S/C16H21NO/c1-11(2)16-9-8-13(18-16)10-12(3)14-6-4-5-7-15(14)17/h4-9,11-12H,10,17H2,1-3H3/t12-/m0/s1. The van der Waals surface area contributed by atoms with Crippen LogP contribution in [0.5, 0.6) is 0 Å². The zero-order valence-electron chi connectivity index (χ0n) is 11.3. The van der Waals surface area contributed by atoms with Crippen LogP contribution in [-0.2, 0) is 6.42 Å². The molecule has 0 bridgehead atoms. The van der Waals surface area contributed by atoms with Crippen LogP contribution in [0.25, 0.3) is 0 Å². The summed E-state index contributed by atoms with van der Waals surface area (Å²) in [7, 11) is 0. The molecule has 18 heavy (non-hydrogen) atoms. The molecular weight excluding hydrogens is 222 g/mol. The minimum Gasteiger partial charge on any atom is -0.466 e. The molecular formula is C16H21NO. The maximum atomic E-state index is 6.00. The van der Waals surface area contributed by atoms with E-state index in [1.54, 1.807) is 0 Å². The fraction of sp³-hybridized carbons (Fsp3) is 0.375. The van der Waals surface area contributed by atoms with Crippen molar-refractivity contribution in [3.8, 4) is 0 Å². The summed E-state index contributed by atoms with van der Waals surface area (Å²) in [5.74, 6) is 2.90. The molecule has 2 rings (SSSR count). The third kappa shape index (κ3) is 2.76. The van der Waals surface area contributed by atoms with Gasteiger partial charge < -0.3 is 10.2 Å². The van der Waals surface area contributed by atoms with E-state index in [-0.39, 0.29) is 0 Å². The van der Waals surface area contributed by atoms with E-state index < -0.39 is 0 Å². The second-order valence-electron chi connectivity index (χ2n) is 5.19. The van der Waals surface area contributed by atoms with Crippen LogP contribution in [0.15, 0.2) is 40.8 Å². The summed E-state index contributed by atoms with van der Waals surface area (Å²) < 4.78 is 5.84. The predicted molar refractivity (Wildman–Crippen MR) is 75.8 cm³/mol. The number of anilines is 1. The molecule has 0 saturated heterocycles. The normalized spacial score (nSPS) is 12.9. The lowest BCUT2D eigenvalue weighted by molar-refractivity contribution is 0.438. The Morgan fingerprint density at radius 1 is 1.06 bits per heavy atom. The third-order valence-corrected chi connectivity index (χ3v) is 3.29. The Kier molecular flexibility index (Phi) is 3.75. The number of hydrogen-bond donors (Lipinski definition) is 1. The Morgan fingerprint density at radius 3 is 2.39 bits per heavy atom. The van der Waals surface area contributed by atoms with E-state index in [4.69, 9.17) is 10.2 Å². The molecule has 0 unspecified atom stereocenters. The molecule has 0 spiro atoms. The highest BCUT2D eigenvalue weighted by atomic mass is 16.3. The summed E-state index contributed by atoms with van der Waals surface area (Å²) in [6, 6.07) is 12.2. The number of rotatable bonds is 4. The maximum absolute atomic E-state index is 6.00. The van der Waals surface area contributed by atoms with Crippen molar-refractivity contribution < 1.29 is 4.42 Å². The minimum absolute atomic E-state index is 0.373. The van der Waals surface area contributed by atoms with E-state index in [0.717, 1.165) is 23.6 Å². The molecule has 2 nitrogen and oxygen atoms in total. The van der Waals surface area contributed by atoms with Crippen molar-refractivity contribution in [1.82, 2.24) is 0 Å². The van der Waals surface area contributed by atoms with Crippen LogP contribution in [0, 0.1) is 0 Å². The molecule has 1 aromatic carbocycles. The lowest BCUT2D eigenvalue weighted by Gasteiger charge is -2.12. The summed E-state index contributed by atoms with van der Waals surface area (Å²) in [6.07, 6.45) is 0.890. The van der Waals surface area contributed by atoms with Gasteiger partial charge in [-0.15, -0.1) is 0 Å². The molecule has 1 heterocycles. The molecule has 1 atom stereocenters. The smallest absolute Gasteiger partial charge is 0.106 e. The Labute approximate surface area is 109 Å². The van der Waals surface area contributed by atoms with Gasteiger partial charge in [-0.3, -0.25) is 0 Å². The lowest BCUT2D eigenvalue weighted by Crippen LogP contribution is -2.01. The fourth-order valence-electron chi connectivity index (χ4n) is 2.19. The van der Waals surface area contributed by atoms with Crippen LogP contribution in [0.2, 0.25) is 0 Å². The van der Waals surface area contributed by atoms with Gasteiger partial charge >= 0.3 is 0 Å². The Morgan fingerprint density at radius 2 is 1.78 bits per heavy atom. The Bertz CT molecular complexity index is 513. The highest BCUT2D eigenvalue weighted by molar-refractivity contribution is 5.48. The van der Waals surface area contributed by atoms with Crippen molar-refractivity contribution in [3.05, 3.63) is 53.5 Å². The summed E-state index contributed by atoms with van der Waals surface area (Å²) in [4.78, 5) is 0. The Balaban J connectivity index is 2.11. The largest absolute Gasteiger partial charge is 0.466 e. The third-order valence-electron chi connectivity index (χ3n) is 3.29. The molecule has 0 radical (unpaired) electrons. The monoisotopic (exact) mass is 243 g/mol. The van der Waals surface area contributed by atoms with E-state index in [9.17, 15) is 0 Å². The second kappa shape index (κ2) is 5.30. The highest BCUT2D eigenvalue weighted by Gasteiger charge is 2.13. The Hall–Kier alpha value is -1.70. The van der Waals surface area contributed by atoms with Gasteiger partial charge in [0.25, 0.3) is 0 Å². The van der Waals surface area contributed by atoms with Crippen LogP contribution in [-0.4, -0.2) is 0 Å². The number of para-hydroxylation sites is 1. The van der Waals surface area contributed by atoms with Gasteiger partial charge in [-0.2, -0.15) is 0 Å². The molecule has 0 saturated carbocycles. The van der Waals surface area contributed by atoms with E-state index in [0.29, 0.717) is 11.8 Å². The van der Waals surface area contributed by atoms with Gasteiger partial charge in [-0.25, -0.2) is 0 Å². The van der Waals surface area contributed by atoms with E-state index in [1.807, 2.05) is 18.2 Å². The SMILES string of the molecule is CC(C)c1ccc(C[C@H](C)c2ccccc2N)o1. The molecule has 2 heteroatoms. The number of nitrogens with two attached hydrogens (primary N) is 1. The van der Waals surface area contributed by atoms with Gasteiger partial charge in [0.2, 0.25) is 0 Å². The first-order valence-corrected chi connectivity index (χ1v) is 6.51. The van der Waals surface area contributed by atoms with Crippen molar-refractivity contribution in [2.24, 2.45) is 0 Å². The van der Waals surface area contributed by atoms with Crippen LogP contribution < -0.4 is 5.73 Å². The van der Waals surface area contributed by atoms with E-state index in [1.165, 1.54) is 5.56 Å². The van der Waals surface area contributed by atoms with Gasteiger partial charge in [0.15, 0.2) is 0 Å². The number of nitrogen functional groups attached to an aromatic ring is 1. The van der Waals surface area contributed by atoms with Gasteiger partial charge in [0.05, 0.1) is 0 Å². The van der Waals surface area contributed by atoms with Gasteiger partial charge in [0, 0.05) is 18.0 Å². The van der Waals surface area contributed by atoms with Crippen LogP contribution in [0.3, 0.4) is 0 Å². The first-order valence-electron chi connectivity index (χ1n) is 6.51. The van der Waals surface area contributed by atoms with Crippen molar-refractivity contribution in [2.45, 2.75) is 39.0 Å². The summed E-state index contributed by atoms with van der Waals surface area (Å²) in [6.45, 7) is 6.46. The number of furan rings is 1. The lowest BCUT2D eigenvalue weighted by atomic mass is 9.95. The molecule has 0 amide bonds. The topological polar surface area (TPSA) is 39.2 Å². The molecule has 2 N–H and O–H groups in total. The number of hydrogen-bond acceptors (Lipinski definition) is 2. The minimum atomic E-state index is 0.373. The van der Waals surface area contributed by atoms with E-state index in [2.05, 4.69) is 39.0 Å². The van der Waals surface area contributed by atoms with Crippen molar-refractivity contribution in [2.75, 3.05) is 5.73 Å². The van der Waals surface area contributed by atoms with Crippen LogP contribution in [0.4, 0.5) is 5.69 Å². The first-order chi connectivity index (χ1) is 8.58. The summed E-state index contributed by atoms with van der Waals surface area (Å²) >= 11 is 0. The zero-order chi connectivity index (χ0) is 13.1. The van der Waals surface area contributed by atoms with Crippen molar-refractivity contribution in [1.29, 1.82) is 0 Å². The number of benzene rings is 1. The summed E-state index contributed by atoms with van der Waals surface area (Å²) in [5.41, 5.74) is 8.05. The maximum Gasteiger partial charge on any atom is 0.106 e. The van der Waals surface area contributed by atoms with Crippen molar-refractivity contribution in [3.63, 3.8) is 0 Å². The molecule has 0 aliphatic carbocycles. The molecule has 96 valence electrons. The van der Waals surface area contributed by atoms with Gasteiger partial charge in [-0.05, 0) is 29.7 Å². The molecule has 0 fully saturated rings. The fourth-order valence-corrected chi connectivity index (χ4v) is 2.19. The molecule has 0 aliphatic rings. The van der Waals surface area contributed by atoms with Gasteiger partial charge in [-0.1, -0.05) is 39.0 Å². The van der Waals surface area contributed by atoms with E-state index >= 15 is 0 Å². The first kappa shape index (κ1) is 12.7. The zero-order valence-corrected chi connectivity index (χ0v) is 11.3. The highest BCUT2D eigenvalue weighted by Crippen LogP contribution is 2.27. The molecule has 0 aliphatic heterocycles. The molecule has 2 aromatic rings. The average molecular weight is 243 g/mol. The summed E-state index contributed by atoms with van der Waals surface area (Å²) in [5, 5.41) is 0. The van der Waals surface area contributed by atoms with Crippen molar-refractivity contribution >= 4 is 5.69 Å². The van der Waals surface area contributed by atoms with Crippen LogP contribution in [0.1, 0.15) is 49.7 Å². The average Bonchev–Trinajstić information content (AvgIpc) is 2.78. The molecule has 1 aromatic heterocycles.